The van der Waals surface area contributed by atoms with Gasteiger partial charge >= 0.3 is 0 Å². The van der Waals surface area contributed by atoms with Gasteiger partial charge < -0.3 is 10.1 Å². The molecule has 1 aliphatic heterocycles. The van der Waals surface area contributed by atoms with E-state index in [2.05, 4.69) is 61.3 Å². The van der Waals surface area contributed by atoms with E-state index < -0.39 is 0 Å². The molecule has 0 radical (unpaired) electrons. The van der Waals surface area contributed by atoms with Crippen LogP contribution in [0, 0.1) is 0 Å². The average Bonchev–Trinajstić information content (AvgIpc) is 2.46. The smallest absolute Gasteiger partial charge is 0.0619 e. The molecule has 0 amide bonds. The van der Waals surface area contributed by atoms with Gasteiger partial charge in [0.2, 0.25) is 0 Å². The normalized spacial score (nSPS) is 26.3. The predicted octanol–water partition coefficient (Wildman–Crippen LogP) is 2.23. The summed E-state index contributed by atoms with van der Waals surface area (Å²) in [5, 5.41) is 3.67. The fourth-order valence-electron chi connectivity index (χ4n) is 2.79. The maximum atomic E-state index is 5.56. The standard InChI is InChI=1S/C16H26N2O/c1-4-19-12-14(2)18-11-10-17-16(3,13-18)15-8-6-5-7-9-15/h5-9,14,17H,4,10-13H2,1-3H3. The van der Waals surface area contributed by atoms with Crippen molar-refractivity contribution >= 4 is 0 Å². The van der Waals surface area contributed by atoms with Crippen LogP contribution >= 0.6 is 0 Å². The zero-order valence-electron chi connectivity index (χ0n) is 12.4. The summed E-state index contributed by atoms with van der Waals surface area (Å²) in [7, 11) is 0. The molecule has 1 aliphatic rings. The third-order valence-electron chi connectivity index (χ3n) is 4.03. The lowest BCUT2D eigenvalue weighted by Crippen LogP contribution is -2.59. The van der Waals surface area contributed by atoms with Crippen molar-refractivity contribution in [2.24, 2.45) is 0 Å². The molecular weight excluding hydrogens is 236 g/mol. The Morgan fingerprint density at radius 2 is 2.11 bits per heavy atom. The molecule has 3 nitrogen and oxygen atoms in total. The lowest BCUT2D eigenvalue weighted by molar-refractivity contribution is 0.0414. The molecule has 3 heteroatoms. The highest BCUT2D eigenvalue weighted by Gasteiger charge is 2.33. The van der Waals surface area contributed by atoms with Crippen LogP contribution in [0.2, 0.25) is 0 Å². The van der Waals surface area contributed by atoms with Gasteiger partial charge in [-0.25, -0.2) is 0 Å². The minimum absolute atomic E-state index is 0.0417. The van der Waals surface area contributed by atoms with Crippen molar-refractivity contribution in [1.82, 2.24) is 10.2 Å². The van der Waals surface area contributed by atoms with E-state index in [0.717, 1.165) is 32.8 Å². The molecule has 1 N–H and O–H groups in total. The van der Waals surface area contributed by atoms with Crippen LogP contribution in [0.4, 0.5) is 0 Å². The van der Waals surface area contributed by atoms with Crippen LogP contribution in [0.1, 0.15) is 26.3 Å². The summed E-state index contributed by atoms with van der Waals surface area (Å²) in [5.74, 6) is 0. The molecule has 0 spiro atoms. The van der Waals surface area contributed by atoms with Crippen molar-refractivity contribution in [2.45, 2.75) is 32.4 Å². The van der Waals surface area contributed by atoms with Gasteiger partial charge in [0.05, 0.1) is 12.1 Å². The lowest BCUT2D eigenvalue weighted by atomic mass is 9.89. The molecule has 1 saturated heterocycles. The van der Waals surface area contributed by atoms with Crippen molar-refractivity contribution < 1.29 is 4.74 Å². The molecule has 2 unspecified atom stereocenters. The van der Waals surface area contributed by atoms with Crippen LogP contribution in [-0.4, -0.2) is 43.8 Å². The Balaban J connectivity index is 2.04. The quantitative estimate of drug-likeness (QED) is 0.880. The van der Waals surface area contributed by atoms with E-state index in [4.69, 9.17) is 4.74 Å². The molecule has 1 heterocycles. The minimum atomic E-state index is 0.0417. The summed E-state index contributed by atoms with van der Waals surface area (Å²) in [6.07, 6.45) is 0. The van der Waals surface area contributed by atoms with Crippen molar-refractivity contribution in [3.8, 4) is 0 Å². The van der Waals surface area contributed by atoms with Crippen molar-refractivity contribution in [3.63, 3.8) is 0 Å². The molecule has 0 saturated carbocycles. The summed E-state index contributed by atoms with van der Waals surface area (Å²) >= 11 is 0. The molecule has 0 aliphatic carbocycles. The van der Waals surface area contributed by atoms with E-state index >= 15 is 0 Å². The summed E-state index contributed by atoms with van der Waals surface area (Å²) in [4.78, 5) is 2.53. The third kappa shape index (κ3) is 3.56. The Kier molecular flexibility index (Phi) is 4.97. The average molecular weight is 262 g/mol. The van der Waals surface area contributed by atoms with E-state index in [0.29, 0.717) is 6.04 Å². The van der Waals surface area contributed by atoms with Gasteiger partial charge in [0.25, 0.3) is 0 Å². The Labute approximate surface area is 116 Å². The van der Waals surface area contributed by atoms with Crippen molar-refractivity contribution in [1.29, 1.82) is 0 Å². The van der Waals surface area contributed by atoms with Crippen LogP contribution < -0.4 is 5.32 Å². The molecule has 0 aromatic heterocycles. The van der Waals surface area contributed by atoms with Gasteiger partial charge in [0, 0.05) is 32.3 Å². The lowest BCUT2D eigenvalue weighted by Gasteiger charge is -2.44. The van der Waals surface area contributed by atoms with Crippen molar-refractivity contribution in [3.05, 3.63) is 35.9 Å². The van der Waals surface area contributed by atoms with E-state index in [1.54, 1.807) is 0 Å². The number of rotatable bonds is 5. The highest BCUT2D eigenvalue weighted by atomic mass is 16.5. The van der Waals surface area contributed by atoms with Crippen LogP contribution in [0.3, 0.4) is 0 Å². The number of benzene rings is 1. The zero-order valence-corrected chi connectivity index (χ0v) is 12.4. The molecule has 19 heavy (non-hydrogen) atoms. The van der Waals surface area contributed by atoms with E-state index in [-0.39, 0.29) is 5.54 Å². The number of ether oxygens (including phenoxy) is 1. The highest BCUT2D eigenvalue weighted by molar-refractivity contribution is 5.25. The molecule has 2 atom stereocenters. The van der Waals surface area contributed by atoms with E-state index in [1.807, 2.05) is 0 Å². The monoisotopic (exact) mass is 262 g/mol. The van der Waals surface area contributed by atoms with Crippen molar-refractivity contribution in [2.75, 3.05) is 32.8 Å². The number of hydrogen-bond donors (Lipinski definition) is 1. The van der Waals surface area contributed by atoms with Gasteiger partial charge in [0.15, 0.2) is 0 Å². The van der Waals surface area contributed by atoms with Gasteiger partial charge in [0.1, 0.15) is 0 Å². The maximum absolute atomic E-state index is 5.56. The molecule has 0 bridgehead atoms. The Morgan fingerprint density at radius 1 is 1.37 bits per heavy atom. The molecular formula is C16H26N2O. The topological polar surface area (TPSA) is 24.5 Å². The van der Waals surface area contributed by atoms with E-state index in [9.17, 15) is 0 Å². The Bertz CT molecular complexity index is 382. The molecule has 106 valence electrons. The predicted molar refractivity (Wildman–Crippen MR) is 79.3 cm³/mol. The fourth-order valence-corrected chi connectivity index (χ4v) is 2.79. The largest absolute Gasteiger partial charge is 0.380 e. The van der Waals surface area contributed by atoms with Gasteiger partial charge in [-0.05, 0) is 26.3 Å². The minimum Gasteiger partial charge on any atom is -0.380 e. The number of nitrogens with one attached hydrogen (secondary N) is 1. The Morgan fingerprint density at radius 3 is 2.79 bits per heavy atom. The molecule has 1 fully saturated rings. The van der Waals surface area contributed by atoms with Crippen LogP contribution in [0.15, 0.2) is 30.3 Å². The first-order chi connectivity index (χ1) is 9.15. The fraction of sp³-hybridized carbons (Fsp3) is 0.625. The number of hydrogen-bond acceptors (Lipinski definition) is 3. The first-order valence-electron chi connectivity index (χ1n) is 7.28. The first kappa shape index (κ1) is 14.5. The summed E-state index contributed by atoms with van der Waals surface area (Å²) < 4.78 is 5.56. The van der Waals surface area contributed by atoms with Crippen LogP contribution in [0.5, 0.6) is 0 Å². The van der Waals surface area contributed by atoms with Crippen LogP contribution in [-0.2, 0) is 10.3 Å². The summed E-state index contributed by atoms with van der Waals surface area (Å²) in [5.41, 5.74) is 1.41. The van der Waals surface area contributed by atoms with Gasteiger partial charge in [-0.3, -0.25) is 4.90 Å². The Hall–Kier alpha value is -0.900. The second-order valence-electron chi connectivity index (χ2n) is 5.60. The second kappa shape index (κ2) is 6.51. The van der Waals surface area contributed by atoms with Crippen LogP contribution in [0.25, 0.3) is 0 Å². The molecule has 1 aromatic carbocycles. The number of piperazine rings is 1. The molecule has 2 rings (SSSR count). The summed E-state index contributed by atoms with van der Waals surface area (Å²) in [6, 6.07) is 11.2. The summed E-state index contributed by atoms with van der Waals surface area (Å²) in [6.45, 7) is 11.4. The first-order valence-corrected chi connectivity index (χ1v) is 7.28. The zero-order chi connectivity index (χ0) is 13.7. The van der Waals surface area contributed by atoms with E-state index in [1.165, 1.54) is 5.56 Å². The number of nitrogens with zero attached hydrogens (tertiary/aromatic N) is 1. The molecule has 1 aromatic rings. The van der Waals surface area contributed by atoms with Gasteiger partial charge in [-0.15, -0.1) is 0 Å². The van der Waals surface area contributed by atoms with Gasteiger partial charge in [-0.1, -0.05) is 30.3 Å². The maximum Gasteiger partial charge on any atom is 0.0619 e. The SMILES string of the molecule is CCOCC(C)N1CCNC(C)(c2ccccc2)C1. The second-order valence-corrected chi connectivity index (χ2v) is 5.60. The highest BCUT2D eigenvalue weighted by Crippen LogP contribution is 2.25. The van der Waals surface area contributed by atoms with Gasteiger partial charge in [-0.2, -0.15) is 0 Å². The third-order valence-corrected chi connectivity index (χ3v) is 4.03.